The lowest BCUT2D eigenvalue weighted by Crippen LogP contribution is -2.28. The highest BCUT2D eigenvalue weighted by Gasteiger charge is 2.25. The molecule has 0 radical (unpaired) electrons. The number of likely N-dealkylation sites (N-methyl/N-ethyl adjacent to an activating group) is 1. The summed E-state index contributed by atoms with van der Waals surface area (Å²) in [7, 11) is 1.26. The Labute approximate surface area is 174 Å². The second-order valence-corrected chi connectivity index (χ2v) is 6.59. The van der Waals surface area contributed by atoms with Crippen LogP contribution in [0.3, 0.4) is 0 Å². The number of rotatable bonds is 6. The summed E-state index contributed by atoms with van der Waals surface area (Å²) in [5, 5.41) is 50.1. The number of nitro groups is 1. The van der Waals surface area contributed by atoms with E-state index < -0.39 is 46.0 Å². The maximum atomic E-state index is 13.9. The van der Waals surface area contributed by atoms with E-state index in [-0.39, 0.29) is 28.3 Å². The largest absolute Gasteiger partial charge is 0.506 e. The number of amides is 1. The Balaban J connectivity index is 2.47. The molecule has 156 valence electrons. The molecule has 2 aromatic rings. The van der Waals surface area contributed by atoms with Gasteiger partial charge in [0, 0.05) is 41.4 Å². The number of hydrogen-bond donors (Lipinski definition) is 3. The van der Waals surface area contributed by atoms with Gasteiger partial charge in [-0.3, -0.25) is 14.9 Å². The van der Waals surface area contributed by atoms with E-state index in [4.69, 9.17) is 11.6 Å². The standard InChI is InChI=1S/C19H15ClFN3O6/c1-23(8-11-5-13(20)2-3-15(11)21)19(28)14(7-22)17(26)10-4-12(9-25)18(27)16(6-10)24(29)30/h2-6,25-27H,8-9H2,1H3/b17-14-. The van der Waals surface area contributed by atoms with Crippen LogP contribution >= 0.6 is 11.6 Å². The molecule has 2 aromatic carbocycles. The zero-order valence-corrected chi connectivity index (χ0v) is 16.2. The highest BCUT2D eigenvalue weighted by molar-refractivity contribution is 6.30. The molecule has 0 aliphatic heterocycles. The summed E-state index contributed by atoms with van der Waals surface area (Å²) in [6.45, 7) is -1.07. The molecular weight excluding hydrogens is 421 g/mol. The molecule has 0 aromatic heterocycles. The van der Waals surface area contributed by atoms with Crippen molar-refractivity contribution in [3.8, 4) is 11.8 Å². The first-order chi connectivity index (χ1) is 14.1. The van der Waals surface area contributed by atoms with Gasteiger partial charge in [0.2, 0.25) is 0 Å². The first kappa shape index (κ1) is 22.6. The van der Waals surface area contributed by atoms with Crippen LogP contribution in [0.5, 0.6) is 5.75 Å². The monoisotopic (exact) mass is 435 g/mol. The predicted molar refractivity (Wildman–Crippen MR) is 104 cm³/mol. The molecule has 0 atom stereocenters. The van der Waals surface area contributed by atoms with Gasteiger partial charge in [-0.1, -0.05) is 11.6 Å². The molecular formula is C19H15ClFN3O6. The van der Waals surface area contributed by atoms with Crippen LogP contribution < -0.4 is 0 Å². The summed E-state index contributed by atoms with van der Waals surface area (Å²) in [5.74, 6) is -3.33. The Hall–Kier alpha value is -3.68. The number of aliphatic hydroxyl groups is 2. The van der Waals surface area contributed by atoms with Gasteiger partial charge in [0.15, 0.2) is 11.3 Å². The molecule has 0 bridgehead atoms. The van der Waals surface area contributed by atoms with Gasteiger partial charge >= 0.3 is 5.69 Å². The quantitative estimate of drug-likeness (QED) is 0.207. The molecule has 0 unspecified atom stereocenters. The SMILES string of the molecule is CN(Cc1cc(Cl)ccc1F)C(=O)/C(C#N)=C(\O)c1cc(CO)c(O)c([N+](=O)[O-])c1. The lowest BCUT2D eigenvalue weighted by atomic mass is 10.0. The summed E-state index contributed by atoms with van der Waals surface area (Å²) in [5.41, 5.74) is -2.16. The van der Waals surface area contributed by atoms with Crippen molar-refractivity contribution in [2.45, 2.75) is 13.2 Å². The van der Waals surface area contributed by atoms with Crippen LogP contribution in [0.4, 0.5) is 10.1 Å². The highest BCUT2D eigenvalue weighted by Crippen LogP contribution is 2.34. The number of nitriles is 1. The maximum Gasteiger partial charge on any atom is 0.311 e. The average molecular weight is 436 g/mol. The molecule has 30 heavy (non-hydrogen) atoms. The van der Waals surface area contributed by atoms with Crippen molar-refractivity contribution < 1.29 is 29.4 Å². The summed E-state index contributed by atoms with van der Waals surface area (Å²) in [6, 6.07) is 7.01. The Morgan fingerprint density at radius 3 is 2.57 bits per heavy atom. The van der Waals surface area contributed by atoms with Gasteiger partial charge in [0.05, 0.1) is 11.5 Å². The molecule has 0 heterocycles. The number of benzene rings is 2. The van der Waals surface area contributed by atoms with Crippen LogP contribution in [-0.2, 0) is 17.9 Å². The van der Waals surface area contributed by atoms with Gasteiger partial charge in [0.1, 0.15) is 17.6 Å². The molecule has 0 aliphatic rings. The minimum absolute atomic E-state index is 0.0676. The van der Waals surface area contributed by atoms with Crippen LogP contribution in [-0.4, -0.2) is 38.1 Å². The normalized spacial score (nSPS) is 11.4. The van der Waals surface area contributed by atoms with E-state index in [1.165, 1.54) is 25.2 Å². The Morgan fingerprint density at radius 2 is 2.00 bits per heavy atom. The third-order valence-electron chi connectivity index (χ3n) is 4.13. The summed E-state index contributed by atoms with van der Waals surface area (Å²) in [4.78, 5) is 23.7. The molecule has 2 rings (SSSR count). The van der Waals surface area contributed by atoms with E-state index in [2.05, 4.69) is 0 Å². The Bertz CT molecular complexity index is 1100. The summed E-state index contributed by atoms with van der Waals surface area (Å²) < 4.78 is 13.9. The maximum absolute atomic E-state index is 13.9. The number of phenols is 1. The second-order valence-electron chi connectivity index (χ2n) is 6.15. The fourth-order valence-corrected chi connectivity index (χ4v) is 2.80. The summed E-state index contributed by atoms with van der Waals surface area (Å²) >= 11 is 5.81. The fraction of sp³-hybridized carbons (Fsp3) is 0.158. The van der Waals surface area contributed by atoms with E-state index in [0.717, 1.165) is 23.1 Å². The smallest absolute Gasteiger partial charge is 0.311 e. The minimum atomic E-state index is -0.990. The third-order valence-corrected chi connectivity index (χ3v) is 4.37. The van der Waals surface area contributed by atoms with Crippen molar-refractivity contribution >= 4 is 29.0 Å². The Kier molecular flexibility index (Phi) is 6.94. The number of nitrogens with zero attached hydrogens (tertiary/aromatic N) is 3. The lowest BCUT2D eigenvalue weighted by Gasteiger charge is -2.18. The average Bonchev–Trinajstić information content (AvgIpc) is 2.70. The van der Waals surface area contributed by atoms with E-state index in [9.17, 15) is 39.9 Å². The van der Waals surface area contributed by atoms with Crippen LogP contribution in [0.25, 0.3) is 5.76 Å². The van der Waals surface area contributed by atoms with Crippen molar-refractivity contribution in [3.05, 3.63) is 73.5 Å². The van der Waals surface area contributed by atoms with E-state index >= 15 is 0 Å². The molecule has 11 heteroatoms. The van der Waals surface area contributed by atoms with Gasteiger partial charge in [-0.05, 0) is 24.3 Å². The first-order valence-electron chi connectivity index (χ1n) is 8.24. The van der Waals surface area contributed by atoms with Crippen LogP contribution in [0, 0.1) is 27.3 Å². The lowest BCUT2D eigenvalue weighted by molar-refractivity contribution is -0.386. The van der Waals surface area contributed by atoms with Crippen molar-refractivity contribution in [1.82, 2.24) is 4.90 Å². The minimum Gasteiger partial charge on any atom is -0.506 e. The molecule has 0 saturated carbocycles. The topological polar surface area (TPSA) is 148 Å². The van der Waals surface area contributed by atoms with E-state index in [1.807, 2.05) is 0 Å². The van der Waals surface area contributed by atoms with Crippen LogP contribution in [0.2, 0.25) is 5.02 Å². The van der Waals surface area contributed by atoms with Gasteiger partial charge in [-0.15, -0.1) is 0 Å². The number of aromatic hydroxyl groups is 1. The van der Waals surface area contributed by atoms with E-state index in [1.54, 1.807) is 0 Å². The zero-order chi connectivity index (χ0) is 22.6. The number of carbonyl (C=O) groups is 1. The van der Waals surface area contributed by atoms with E-state index in [0.29, 0.717) is 0 Å². The zero-order valence-electron chi connectivity index (χ0n) is 15.5. The second kappa shape index (κ2) is 9.21. The fourth-order valence-electron chi connectivity index (χ4n) is 2.60. The van der Waals surface area contributed by atoms with Crippen LogP contribution in [0.15, 0.2) is 35.9 Å². The number of hydrogen-bond acceptors (Lipinski definition) is 7. The molecule has 3 N–H and O–H groups in total. The van der Waals surface area contributed by atoms with Crippen molar-refractivity contribution in [3.63, 3.8) is 0 Å². The summed E-state index contributed by atoms with van der Waals surface area (Å²) in [6.07, 6.45) is 0. The van der Waals surface area contributed by atoms with Crippen molar-refractivity contribution in [1.29, 1.82) is 5.26 Å². The Morgan fingerprint density at radius 1 is 1.33 bits per heavy atom. The van der Waals surface area contributed by atoms with Gasteiger partial charge in [0.25, 0.3) is 5.91 Å². The molecule has 9 nitrogen and oxygen atoms in total. The van der Waals surface area contributed by atoms with Gasteiger partial charge < -0.3 is 20.2 Å². The number of halogens is 2. The molecule has 0 fully saturated rings. The molecule has 0 spiro atoms. The predicted octanol–water partition coefficient (Wildman–Crippen LogP) is 3.04. The van der Waals surface area contributed by atoms with Crippen molar-refractivity contribution in [2.24, 2.45) is 0 Å². The number of nitro benzene ring substituents is 1. The molecule has 0 aliphatic carbocycles. The van der Waals surface area contributed by atoms with Crippen molar-refractivity contribution in [2.75, 3.05) is 7.05 Å². The third kappa shape index (κ3) is 4.65. The molecule has 1 amide bonds. The first-order valence-corrected chi connectivity index (χ1v) is 8.62. The van der Waals surface area contributed by atoms with Gasteiger partial charge in [-0.2, -0.15) is 5.26 Å². The van der Waals surface area contributed by atoms with Gasteiger partial charge in [-0.25, -0.2) is 4.39 Å². The molecule has 0 saturated heterocycles. The number of carbonyl (C=O) groups excluding carboxylic acids is 1. The van der Waals surface area contributed by atoms with Crippen LogP contribution in [0.1, 0.15) is 16.7 Å². The number of aliphatic hydroxyl groups excluding tert-OH is 2. The highest BCUT2D eigenvalue weighted by atomic mass is 35.5.